The molecule has 2 heterocycles. The Balaban J connectivity index is 1.63. The van der Waals surface area contributed by atoms with E-state index in [2.05, 4.69) is 15.5 Å². The molecule has 9 nitrogen and oxygen atoms in total. The van der Waals surface area contributed by atoms with Crippen LogP contribution in [-0.4, -0.2) is 66.3 Å². The average Bonchev–Trinajstić information content (AvgIpc) is 3.09. The normalized spacial score (nSPS) is 16.1. The molecule has 2 aromatic rings. The van der Waals surface area contributed by atoms with Crippen molar-refractivity contribution in [3.05, 3.63) is 30.7 Å². The van der Waals surface area contributed by atoms with Gasteiger partial charge in [-0.15, -0.1) is 10.2 Å². The lowest BCUT2D eigenvalue weighted by Gasteiger charge is -2.33. The van der Waals surface area contributed by atoms with E-state index in [1.807, 2.05) is 0 Å². The van der Waals surface area contributed by atoms with Gasteiger partial charge in [-0.1, -0.05) is 6.07 Å². The maximum Gasteiger partial charge on any atom is 0.321 e. The van der Waals surface area contributed by atoms with Crippen molar-refractivity contribution in [2.24, 2.45) is 0 Å². The number of aromatic nitrogens is 2. The summed E-state index contributed by atoms with van der Waals surface area (Å²) in [6.07, 6.45) is 2.41. The lowest BCUT2D eigenvalue weighted by atomic mass is 10.2. The van der Waals surface area contributed by atoms with Gasteiger partial charge in [0.2, 0.25) is 22.3 Å². The van der Waals surface area contributed by atoms with Crippen molar-refractivity contribution < 1.29 is 17.6 Å². The summed E-state index contributed by atoms with van der Waals surface area (Å²) in [5.74, 6) is 0.368. The highest BCUT2D eigenvalue weighted by molar-refractivity contribution is 7.88. The predicted octanol–water partition coefficient (Wildman–Crippen LogP) is 0.846. The van der Waals surface area contributed by atoms with Gasteiger partial charge in [0.25, 0.3) is 0 Å². The third-order valence-electron chi connectivity index (χ3n) is 3.72. The number of sulfonamides is 1. The molecule has 1 aromatic heterocycles. The summed E-state index contributed by atoms with van der Waals surface area (Å²) in [4.78, 5) is 13.9. The fraction of sp³-hybridized carbons (Fsp3) is 0.357. The Hall–Kier alpha value is -2.46. The SMILES string of the molecule is CS(=O)(=O)N1CCN(C(=O)Nc2cccc(-c3nnco3)c2)CC1. The van der Waals surface area contributed by atoms with Crippen LogP contribution in [0.1, 0.15) is 0 Å². The van der Waals surface area contributed by atoms with E-state index in [9.17, 15) is 13.2 Å². The Bertz CT molecular complexity index is 813. The molecule has 0 atom stereocenters. The summed E-state index contributed by atoms with van der Waals surface area (Å²) >= 11 is 0. The lowest BCUT2D eigenvalue weighted by molar-refractivity contribution is 0.184. The minimum Gasteiger partial charge on any atom is -0.423 e. The first kappa shape index (κ1) is 16.4. The van der Waals surface area contributed by atoms with Crippen molar-refractivity contribution in [2.45, 2.75) is 0 Å². The number of hydrogen-bond donors (Lipinski definition) is 1. The topological polar surface area (TPSA) is 109 Å². The quantitative estimate of drug-likeness (QED) is 0.878. The largest absolute Gasteiger partial charge is 0.423 e. The Morgan fingerprint density at radius 2 is 2.00 bits per heavy atom. The number of urea groups is 1. The van der Waals surface area contributed by atoms with Gasteiger partial charge in [-0.2, -0.15) is 4.31 Å². The number of nitrogens with one attached hydrogen (secondary N) is 1. The van der Waals surface area contributed by atoms with Gasteiger partial charge in [0.15, 0.2) is 0 Å². The van der Waals surface area contributed by atoms with E-state index in [0.717, 1.165) is 0 Å². The fourth-order valence-electron chi connectivity index (χ4n) is 2.45. The zero-order valence-corrected chi connectivity index (χ0v) is 13.9. The predicted molar refractivity (Wildman–Crippen MR) is 86.7 cm³/mol. The molecule has 1 saturated heterocycles. The van der Waals surface area contributed by atoms with Crippen molar-refractivity contribution in [1.82, 2.24) is 19.4 Å². The van der Waals surface area contributed by atoms with Crippen LogP contribution in [0.3, 0.4) is 0 Å². The van der Waals surface area contributed by atoms with Gasteiger partial charge in [0.1, 0.15) is 0 Å². The molecule has 0 saturated carbocycles. The Labute approximate surface area is 139 Å². The third kappa shape index (κ3) is 3.71. The number of piperazine rings is 1. The minimum atomic E-state index is -3.21. The lowest BCUT2D eigenvalue weighted by Crippen LogP contribution is -2.51. The Kier molecular flexibility index (Phi) is 4.49. The summed E-state index contributed by atoms with van der Waals surface area (Å²) in [6.45, 7) is 1.30. The molecule has 0 spiro atoms. The van der Waals surface area contributed by atoms with Crippen molar-refractivity contribution in [2.75, 3.05) is 37.8 Å². The highest BCUT2D eigenvalue weighted by Crippen LogP contribution is 2.20. The zero-order chi connectivity index (χ0) is 17.2. The van der Waals surface area contributed by atoms with Crippen LogP contribution in [0.2, 0.25) is 0 Å². The number of carbonyl (C=O) groups excluding carboxylic acids is 1. The van der Waals surface area contributed by atoms with E-state index >= 15 is 0 Å². The molecule has 1 fully saturated rings. The second-order valence-electron chi connectivity index (χ2n) is 5.40. The molecule has 10 heteroatoms. The van der Waals surface area contributed by atoms with Crippen LogP contribution in [-0.2, 0) is 10.0 Å². The standard InChI is InChI=1S/C14H17N5O4S/c1-24(21,22)19-7-5-18(6-8-19)14(20)16-12-4-2-3-11(9-12)13-17-15-10-23-13/h2-4,9-10H,5-8H2,1H3,(H,16,20). The molecule has 0 unspecified atom stereocenters. The van der Waals surface area contributed by atoms with Crippen LogP contribution in [0, 0.1) is 0 Å². The van der Waals surface area contributed by atoms with E-state index in [1.165, 1.54) is 17.0 Å². The number of anilines is 1. The number of rotatable bonds is 3. The van der Waals surface area contributed by atoms with Gasteiger partial charge in [-0.25, -0.2) is 13.2 Å². The summed E-state index contributed by atoms with van der Waals surface area (Å²) in [7, 11) is -3.21. The number of nitrogens with zero attached hydrogens (tertiary/aromatic N) is 4. The first-order chi connectivity index (χ1) is 11.4. The molecule has 1 aromatic carbocycles. The summed E-state index contributed by atoms with van der Waals surface area (Å²) < 4.78 is 29.5. The molecule has 24 heavy (non-hydrogen) atoms. The minimum absolute atomic E-state index is 0.272. The molecule has 128 valence electrons. The van der Waals surface area contributed by atoms with E-state index in [1.54, 1.807) is 29.2 Å². The van der Waals surface area contributed by atoms with Crippen molar-refractivity contribution in [3.8, 4) is 11.5 Å². The van der Waals surface area contributed by atoms with E-state index < -0.39 is 10.0 Å². The van der Waals surface area contributed by atoms with E-state index in [4.69, 9.17) is 4.42 Å². The van der Waals surface area contributed by atoms with Crippen LogP contribution in [0.25, 0.3) is 11.5 Å². The summed E-state index contributed by atoms with van der Waals surface area (Å²) in [5.41, 5.74) is 1.30. The molecule has 2 amide bonds. The number of benzene rings is 1. The molecule has 0 radical (unpaired) electrons. The molecule has 0 aliphatic carbocycles. The zero-order valence-electron chi connectivity index (χ0n) is 13.0. The Morgan fingerprint density at radius 3 is 2.62 bits per heavy atom. The molecule has 3 rings (SSSR count). The van der Waals surface area contributed by atoms with Crippen molar-refractivity contribution >= 4 is 21.7 Å². The number of carbonyl (C=O) groups is 1. The van der Waals surface area contributed by atoms with Gasteiger partial charge >= 0.3 is 6.03 Å². The van der Waals surface area contributed by atoms with E-state index in [-0.39, 0.29) is 6.03 Å². The molecule has 0 bridgehead atoms. The van der Waals surface area contributed by atoms with Gasteiger partial charge in [0.05, 0.1) is 6.26 Å². The number of hydrogen-bond acceptors (Lipinski definition) is 6. The van der Waals surface area contributed by atoms with Gasteiger partial charge in [-0.3, -0.25) is 0 Å². The van der Waals surface area contributed by atoms with Crippen LogP contribution in [0.5, 0.6) is 0 Å². The average molecular weight is 351 g/mol. The molecule has 1 aliphatic rings. The first-order valence-corrected chi connectivity index (χ1v) is 9.16. The second-order valence-corrected chi connectivity index (χ2v) is 7.39. The van der Waals surface area contributed by atoms with Gasteiger partial charge in [-0.05, 0) is 18.2 Å². The van der Waals surface area contributed by atoms with Gasteiger partial charge < -0.3 is 14.6 Å². The molecular formula is C14H17N5O4S. The van der Waals surface area contributed by atoms with Crippen molar-refractivity contribution in [1.29, 1.82) is 0 Å². The monoisotopic (exact) mass is 351 g/mol. The summed E-state index contributed by atoms with van der Waals surface area (Å²) in [6, 6.07) is 6.79. The first-order valence-electron chi connectivity index (χ1n) is 7.31. The maximum atomic E-state index is 12.3. The second kappa shape index (κ2) is 6.57. The maximum absolute atomic E-state index is 12.3. The van der Waals surface area contributed by atoms with Crippen LogP contribution in [0.4, 0.5) is 10.5 Å². The highest BCUT2D eigenvalue weighted by atomic mass is 32.2. The van der Waals surface area contributed by atoms with Gasteiger partial charge in [0, 0.05) is 37.4 Å². The third-order valence-corrected chi connectivity index (χ3v) is 5.02. The fourth-order valence-corrected chi connectivity index (χ4v) is 3.28. The number of amides is 2. The van der Waals surface area contributed by atoms with Crippen LogP contribution in [0.15, 0.2) is 35.1 Å². The summed E-state index contributed by atoms with van der Waals surface area (Å²) in [5, 5.41) is 10.2. The van der Waals surface area contributed by atoms with Crippen molar-refractivity contribution in [3.63, 3.8) is 0 Å². The van der Waals surface area contributed by atoms with E-state index in [0.29, 0.717) is 43.3 Å². The Morgan fingerprint density at radius 1 is 1.25 bits per heavy atom. The highest BCUT2D eigenvalue weighted by Gasteiger charge is 2.26. The van der Waals surface area contributed by atoms with Crippen LogP contribution >= 0.6 is 0 Å². The molecule has 1 N–H and O–H groups in total. The molecule has 1 aliphatic heterocycles. The molecular weight excluding hydrogens is 334 g/mol. The van der Waals surface area contributed by atoms with Crippen LogP contribution < -0.4 is 5.32 Å². The smallest absolute Gasteiger partial charge is 0.321 e.